The average Bonchev–Trinajstić information content (AvgIpc) is 3.00. The van der Waals surface area contributed by atoms with Crippen LogP contribution in [0, 0.1) is 0 Å². The number of amides is 2. The van der Waals surface area contributed by atoms with Crippen molar-refractivity contribution in [1.29, 1.82) is 0 Å². The Morgan fingerprint density at radius 3 is 2.45 bits per heavy atom. The standard InChI is InChI=1S/C23H21Cl2NO6S/c1-13(2)32-21(27)11-26-22(28)20(33-23(26)29)10-14-7-8-18(19(9-14)30-3)31-12-15-16(24)5-4-6-17(15)25/h4-10,13H,11-12H2,1-3H3/b20-10-. The number of esters is 1. The molecular formula is C23H21Cl2NO6S. The van der Waals surface area contributed by atoms with E-state index in [1.807, 2.05) is 0 Å². The van der Waals surface area contributed by atoms with Crippen LogP contribution in [-0.4, -0.2) is 41.8 Å². The summed E-state index contributed by atoms with van der Waals surface area (Å²) in [6.45, 7) is 3.09. The molecule has 1 heterocycles. The van der Waals surface area contributed by atoms with Crippen molar-refractivity contribution in [2.45, 2.75) is 26.6 Å². The van der Waals surface area contributed by atoms with Crippen molar-refractivity contribution in [2.24, 2.45) is 0 Å². The molecule has 1 saturated heterocycles. The molecule has 0 unspecified atom stereocenters. The van der Waals surface area contributed by atoms with Gasteiger partial charge in [0.2, 0.25) is 0 Å². The lowest BCUT2D eigenvalue weighted by Crippen LogP contribution is -2.35. The number of hydrogen-bond acceptors (Lipinski definition) is 7. The van der Waals surface area contributed by atoms with Gasteiger partial charge in [0.25, 0.3) is 11.1 Å². The Kier molecular flexibility index (Phi) is 8.29. The second-order valence-electron chi connectivity index (χ2n) is 7.21. The summed E-state index contributed by atoms with van der Waals surface area (Å²) in [4.78, 5) is 37.7. The van der Waals surface area contributed by atoms with Crippen LogP contribution in [-0.2, 0) is 20.9 Å². The van der Waals surface area contributed by atoms with Crippen LogP contribution in [0.5, 0.6) is 11.5 Å². The lowest BCUT2D eigenvalue weighted by Gasteiger charge is -2.13. The lowest BCUT2D eigenvalue weighted by atomic mass is 10.1. The maximum Gasteiger partial charge on any atom is 0.326 e. The van der Waals surface area contributed by atoms with E-state index in [-0.39, 0.29) is 17.6 Å². The summed E-state index contributed by atoms with van der Waals surface area (Å²) >= 11 is 13.1. The number of halogens is 2. The molecule has 2 aromatic rings. The average molecular weight is 510 g/mol. The van der Waals surface area contributed by atoms with Crippen molar-refractivity contribution < 1.29 is 28.6 Å². The van der Waals surface area contributed by atoms with Gasteiger partial charge in [-0.1, -0.05) is 35.3 Å². The van der Waals surface area contributed by atoms with Gasteiger partial charge in [0.05, 0.1) is 18.1 Å². The first kappa shape index (κ1) is 25.0. The summed E-state index contributed by atoms with van der Waals surface area (Å²) in [5.41, 5.74) is 1.27. The molecule has 0 aliphatic carbocycles. The van der Waals surface area contributed by atoms with E-state index in [4.69, 9.17) is 37.4 Å². The van der Waals surface area contributed by atoms with Crippen molar-refractivity contribution in [3.8, 4) is 11.5 Å². The molecule has 2 amide bonds. The first-order valence-electron chi connectivity index (χ1n) is 9.88. The van der Waals surface area contributed by atoms with Crippen LogP contribution < -0.4 is 9.47 Å². The Hall–Kier alpha value is -2.68. The number of hydrogen-bond donors (Lipinski definition) is 0. The fourth-order valence-electron chi connectivity index (χ4n) is 2.93. The van der Waals surface area contributed by atoms with Gasteiger partial charge in [0.1, 0.15) is 13.2 Å². The van der Waals surface area contributed by atoms with Gasteiger partial charge in [-0.15, -0.1) is 0 Å². The fourth-order valence-corrected chi connectivity index (χ4v) is 4.28. The maximum atomic E-state index is 12.6. The van der Waals surface area contributed by atoms with Gasteiger partial charge in [-0.3, -0.25) is 19.3 Å². The number of carbonyl (C=O) groups is 3. The van der Waals surface area contributed by atoms with Crippen LogP contribution in [0.25, 0.3) is 6.08 Å². The predicted molar refractivity (Wildman–Crippen MR) is 128 cm³/mol. The van der Waals surface area contributed by atoms with Gasteiger partial charge in [-0.25, -0.2) is 0 Å². The van der Waals surface area contributed by atoms with E-state index in [9.17, 15) is 14.4 Å². The third-order valence-electron chi connectivity index (χ3n) is 4.45. The second-order valence-corrected chi connectivity index (χ2v) is 9.01. The molecule has 10 heteroatoms. The third kappa shape index (κ3) is 6.22. The van der Waals surface area contributed by atoms with Crippen molar-refractivity contribution in [1.82, 2.24) is 4.90 Å². The second kappa shape index (κ2) is 11.0. The van der Waals surface area contributed by atoms with Crippen LogP contribution in [0.2, 0.25) is 10.0 Å². The minimum Gasteiger partial charge on any atom is -0.493 e. The molecule has 0 bridgehead atoms. The number of ether oxygens (including phenoxy) is 3. The molecule has 2 aromatic carbocycles. The highest BCUT2D eigenvalue weighted by molar-refractivity contribution is 8.18. The van der Waals surface area contributed by atoms with E-state index in [1.54, 1.807) is 56.3 Å². The molecule has 1 fully saturated rings. The van der Waals surface area contributed by atoms with Gasteiger partial charge in [-0.2, -0.15) is 0 Å². The highest BCUT2D eigenvalue weighted by atomic mass is 35.5. The Balaban J connectivity index is 1.74. The zero-order valence-electron chi connectivity index (χ0n) is 18.1. The van der Waals surface area contributed by atoms with Gasteiger partial charge >= 0.3 is 5.97 Å². The number of carbonyl (C=O) groups excluding carboxylic acids is 3. The summed E-state index contributed by atoms with van der Waals surface area (Å²) in [6.07, 6.45) is 1.21. The summed E-state index contributed by atoms with van der Waals surface area (Å²) in [5.74, 6) is -0.324. The number of benzene rings is 2. The first-order chi connectivity index (χ1) is 15.7. The van der Waals surface area contributed by atoms with Crippen LogP contribution in [0.4, 0.5) is 4.79 Å². The highest BCUT2D eigenvalue weighted by Gasteiger charge is 2.36. The molecule has 0 aromatic heterocycles. The largest absolute Gasteiger partial charge is 0.493 e. The molecular weight excluding hydrogens is 489 g/mol. The zero-order chi connectivity index (χ0) is 24.1. The Bertz CT molecular complexity index is 1100. The van der Waals surface area contributed by atoms with Gasteiger partial charge in [0, 0.05) is 15.6 Å². The van der Waals surface area contributed by atoms with Gasteiger partial charge in [-0.05, 0) is 61.5 Å². The number of thioether (sulfide) groups is 1. The smallest absolute Gasteiger partial charge is 0.326 e. The zero-order valence-corrected chi connectivity index (χ0v) is 20.4. The van der Waals surface area contributed by atoms with Crippen molar-refractivity contribution in [2.75, 3.05) is 13.7 Å². The van der Waals surface area contributed by atoms with Crippen LogP contribution in [0.15, 0.2) is 41.3 Å². The fraction of sp³-hybridized carbons (Fsp3) is 0.261. The first-order valence-corrected chi connectivity index (χ1v) is 11.5. The summed E-state index contributed by atoms with van der Waals surface area (Å²) in [7, 11) is 1.49. The molecule has 3 rings (SSSR count). The van der Waals surface area contributed by atoms with Gasteiger partial charge < -0.3 is 14.2 Å². The molecule has 174 valence electrons. The van der Waals surface area contributed by atoms with Crippen LogP contribution in [0.1, 0.15) is 25.0 Å². The minimum atomic E-state index is -0.643. The molecule has 0 atom stereocenters. The van der Waals surface area contributed by atoms with E-state index in [0.717, 1.165) is 16.7 Å². The summed E-state index contributed by atoms with van der Waals surface area (Å²) in [6, 6.07) is 10.3. The van der Waals surface area contributed by atoms with Crippen molar-refractivity contribution in [3.63, 3.8) is 0 Å². The van der Waals surface area contributed by atoms with Crippen LogP contribution in [0.3, 0.4) is 0 Å². The normalized spacial score (nSPS) is 14.8. The molecule has 1 aliphatic heterocycles. The topological polar surface area (TPSA) is 82.1 Å². The summed E-state index contributed by atoms with van der Waals surface area (Å²) < 4.78 is 16.3. The monoisotopic (exact) mass is 509 g/mol. The SMILES string of the molecule is COc1cc(/C=C2\SC(=O)N(CC(=O)OC(C)C)C2=O)ccc1OCc1c(Cl)cccc1Cl. The van der Waals surface area contributed by atoms with E-state index in [0.29, 0.717) is 32.7 Å². The lowest BCUT2D eigenvalue weighted by molar-refractivity contribution is -0.149. The number of rotatable bonds is 8. The number of methoxy groups -OCH3 is 1. The molecule has 1 aliphatic rings. The molecule has 0 N–H and O–H groups in total. The number of nitrogens with zero attached hydrogens (tertiary/aromatic N) is 1. The number of imide groups is 1. The molecule has 7 nitrogen and oxygen atoms in total. The quantitative estimate of drug-likeness (QED) is 0.339. The van der Waals surface area contributed by atoms with Crippen molar-refractivity contribution >= 4 is 58.2 Å². The van der Waals surface area contributed by atoms with Gasteiger partial charge in [0.15, 0.2) is 11.5 Å². The summed E-state index contributed by atoms with van der Waals surface area (Å²) in [5, 5.41) is 0.452. The minimum absolute atomic E-state index is 0.138. The maximum absolute atomic E-state index is 12.6. The molecule has 33 heavy (non-hydrogen) atoms. The Labute approximate surface area is 205 Å². The Morgan fingerprint density at radius 2 is 1.82 bits per heavy atom. The predicted octanol–water partition coefficient (Wildman–Crippen LogP) is 5.57. The highest BCUT2D eigenvalue weighted by Crippen LogP contribution is 2.35. The Morgan fingerprint density at radius 1 is 1.12 bits per heavy atom. The molecule has 0 spiro atoms. The molecule has 0 radical (unpaired) electrons. The molecule has 0 saturated carbocycles. The van der Waals surface area contributed by atoms with E-state index >= 15 is 0 Å². The van der Waals surface area contributed by atoms with Crippen LogP contribution >= 0.6 is 35.0 Å². The van der Waals surface area contributed by atoms with Crippen molar-refractivity contribution in [3.05, 3.63) is 62.5 Å². The van der Waals surface area contributed by atoms with E-state index in [1.165, 1.54) is 7.11 Å². The van der Waals surface area contributed by atoms with E-state index < -0.39 is 23.7 Å². The van der Waals surface area contributed by atoms with E-state index in [2.05, 4.69) is 0 Å². The third-order valence-corrected chi connectivity index (χ3v) is 6.06.